The van der Waals surface area contributed by atoms with Gasteiger partial charge in [0.2, 0.25) is 0 Å². The summed E-state index contributed by atoms with van der Waals surface area (Å²) in [6.07, 6.45) is 2.62. The summed E-state index contributed by atoms with van der Waals surface area (Å²) in [5.74, 6) is 0.734. The predicted molar refractivity (Wildman–Crippen MR) is 87.7 cm³/mol. The van der Waals surface area contributed by atoms with Crippen LogP contribution < -0.4 is 5.32 Å². The fraction of sp³-hybridized carbons (Fsp3) is 0.588. The highest BCUT2D eigenvalue weighted by Gasteiger charge is 2.48. The molecular formula is C17H23N3O4. The molecule has 2 aliphatic rings. The second-order valence-corrected chi connectivity index (χ2v) is 6.96. The number of rotatable bonds is 4. The van der Waals surface area contributed by atoms with Gasteiger partial charge in [0, 0.05) is 25.9 Å². The molecule has 7 heteroatoms. The Morgan fingerprint density at radius 3 is 2.92 bits per heavy atom. The van der Waals surface area contributed by atoms with Gasteiger partial charge in [-0.1, -0.05) is 19.0 Å². The van der Waals surface area contributed by atoms with Crippen LogP contribution in [0.15, 0.2) is 21.9 Å². The van der Waals surface area contributed by atoms with E-state index in [0.717, 1.165) is 0 Å². The number of hydrogen-bond donors (Lipinski definition) is 1. The lowest BCUT2D eigenvalue weighted by Crippen LogP contribution is -2.39. The average molecular weight is 333 g/mol. The van der Waals surface area contributed by atoms with Gasteiger partial charge in [-0.25, -0.2) is 0 Å². The zero-order chi connectivity index (χ0) is 17.3. The minimum absolute atomic E-state index is 0.0700. The predicted octanol–water partition coefficient (Wildman–Crippen LogP) is 1.72. The molecule has 1 saturated heterocycles. The fourth-order valence-corrected chi connectivity index (χ4v) is 3.06. The van der Waals surface area contributed by atoms with Crippen molar-refractivity contribution in [3.8, 4) is 0 Å². The Morgan fingerprint density at radius 1 is 1.46 bits per heavy atom. The molecule has 130 valence electrons. The number of likely N-dealkylation sites (tertiary alicyclic amines) is 1. The largest absolute Gasteiger partial charge is 0.469 e. The van der Waals surface area contributed by atoms with E-state index in [0.29, 0.717) is 55.4 Å². The van der Waals surface area contributed by atoms with Crippen LogP contribution in [0.25, 0.3) is 0 Å². The molecule has 1 aromatic rings. The standard InChI is InChI=1S/C17H23N3O4/c1-11(2)9-18-15(21)14-8-17(24-19-14)5-6-20(10-17)16(22)13-4-7-23-12(13)3/h4,7,11H,5-6,8-10H2,1-3H3,(H,18,21)/t17-/m0/s1. The van der Waals surface area contributed by atoms with Crippen molar-refractivity contribution in [2.24, 2.45) is 11.1 Å². The van der Waals surface area contributed by atoms with Crippen molar-refractivity contribution in [3.63, 3.8) is 0 Å². The van der Waals surface area contributed by atoms with Crippen LogP contribution in [0.2, 0.25) is 0 Å². The molecule has 2 aliphatic heterocycles. The summed E-state index contributed by atoms with van der Waals surface area (Å²) >= 11 is 0. The molecule has 2 amide bonds. The van der Waals surface area contributed by atoms with Crippen LogP contribution in [0.4, 0.5) is 0 Å². The third-order valence-corrected chi connectivity index (χ3v) is 4.46. The van der Waals surface area contributed by atoms with Crippen molar-refractivity contribution in [2.75, 3.05) is 19.6 Å². The Bertz CT molecular complexity index is 679. The lowest BCUT2D eigenvalue weighted by Gasteiger charge is -2.21. The summed E-state index contributed by atoms with van der Waals surface area (Å²) in [6, 6.07) is 1.68. The van der Waals surface area contributed by atoms with Crippen molar-refractivity contribution >= 4 is 17.5 Å². The zero-order valence-electron chi connectivity index (χ0n) is 14.3. The van der Waals surface area contributed by atoms with E-state index >= 15 is 0 Å². The summed E-state index contributed by atoms with van der Waals surface area (Å²) in [7, 11) is 0. The first-order valence-corrected chi connectivity index (χ1v) is 8.27. The van der Waals surface area contributed by atoms with Crippen LogP contribution in [-0.4, -0.2) is 47.7 Å². The molecule has 7 nitrogen and oxygen atoms in total. The molecule has 0 radical (unpaired) electrons. The normalized spacial score (nSPS) is 22.8. The van der Waals surface area contributed by atoms with Gasteiger partial charge in [-0.2, -0.15) is 0 Å². The lowest BCUT2D eigenvalue weighted by molar-refractivity contribution is -0.115. The van der Waals surface area contributed by atoms with Gasteiger partial charge < -0.3 is 19.5 Å². The van der Waals surface area contributed by atoms with E-state index < -0.39 is 5.60 Å². The molecule has 0 bridgehead atoms. The Labute approximate surface area is 141 Å². The van der Waals surface area contributed by atoms with Crippen molar-refractivity contribution < 1.29 is 18.8 Å². The van der Waals surface area contributed by atoms with Gasteiger partial charge in [0.15, 0.2) is 5.60 Å². The van der Waals surface area contributed by atoms with Gasteiger partial charge in [0.05, 0.1) is 18.4 Å². The van der Waals surface area contributed by atoms with E-state index in [4.69, 9.17) is 9.25 Å². The van der Waals surface area contributed by atoms with E-state index in [1.807, 2.05) is 13.8 Å². The number of oxime groups is 1. The molecule has 0 unspecified atom stereocenters. The van der Waals surface area contributed by atoms with Crippen molar-refractivity contribution in [1.82, 2.24) is 10.2 Å². The summed E-state index contributed by atoms with van der Waals surface area (Å²) in [5.41, 5.74) is 0.406. The van der Waals surface area contributed by atoms with Crippen molar-refractivity contribution in [3.05, 3.63) is 23.7 Å². The van der Waals surface area contributed by atoms with E-state index in [9.17, 15) is 9.59 Å². The van der Waals surface area contributed by atoms with E-state index in [-0.39, 0.29) is 11.8 Å². The first kappa shape index (κ1) is 16.5. The molecule has 3 rings (SSSR count). The minimum atomic E-state index is -0.572. The maximum atomic E-state index is 12.6. The first-order chi connectivity index (χ1) is 11.4. The van der Waals surface area contributed by atoms with E-state index in [2.05, 4.69) is 10.5 Å². The number of furan rings is 1. The molecule has 0 saturated carbocycles. The van der Waals surface area contributed by atoms with Gasteiger partial charge in [-0.15, -0.1) is 0 Å². The Morgan fingerprint density at radius 2 is 2.25 bits per heavy atom. The molecule has 1 N–H and O–H groups in total. The monoisotopic (exact) mass is 333 g/mol. The number of aryl methyl sites for hydroxylation is 1. The van der Waals surface area contributed by atoms with Crippen molar-refractivity contribution in [1.29, 1.82) is 0 Å². The fourth-order valence-electron chi connectivity index (χ4n) is 3.06. The molecule has 0 aliphatic carbocycles. The molecule has 1 atom stereocenters. The van der Waals surface area contributed by atoms with Crippen LogP contribution in [0.3, 0.4) is 0 Å². The van der Waals surface area contributed by atoms with Crippen LogP contribution in [0.1, 0.15) is 42.8 Å². The van der Waals surface area contributed by atoms with Crippen LogP contribution >= 0.6 is 0 Å². The maximum Gasteiger partial charge on any atom is 0.269 e. The van der Waals surface area contributed by atoms with Crippen LogP contribution in [0, 0.1) is 12.8 Å². The van der Waals surface area contributed by atoms with E-state index in [1.165, 1.54) is 6.26 Å². The van der Waals surface area contributed by atoms with E-state index in [1.54, 1.807) is 17.9 Å². The minimum Gasteiger partial charge on any atom is -0.469 e. The highest BCUT2D eigenvalue weighted by Crippen LogP contribution is 2.34. The van der Waals surface area contributed by atoms with Gasteiger partial charge in [0.25, 0.3) is 11.8 Å². The quantitative estimate of drug-likeness (QED) is 0.909. The van der Waals surface area contributed by atoms with Gasteiger partial charge >= 0.3 is 0 Å². The van der Waals surface area contributed by atoms with Crippen LogP contribution in [0.5, 0.6) is 0 Å². The molecule has 1 spiro atoms. The first-order valence-electron chi connectivity index (χ1n) is 8.27. The highest BCUT2D eigenvalue weighted by atomic mass is 16.7. The zero-order valence-corrected chi connectivity index (χ0v) is 14.3. The average Bonchev–Trinajstić information content (AvgIpc) is 3.26. The Kier molecular flexibility index (Phi) is 4.34. The summed E-state index contributed by atoms with van der Waals surface area (Å²) in [5, 5.41) is 6.82. The number of carbonyl (C=O) groups excluding carboxylic acids is 2. The maximum absolute atomic E-state index is 12.6. The molecule has 3 heterocycles. The van der Waals surface area contributed by atoms with Crippen LogP contribution in [-0.2, 0) is 9.63 Å². The molecule has 0 aromatic carbocycles. The Hall–Kier alpha value is -2.31. The highest BCUT2D eigenvalue weighted by molar-refractivity contribution is 6.39. The summed E-state index contributed by atoms with van der Waals surface area (Å²) in [6.45, 7) is 7.46. The second-order valence-electron chi connectivity index (χ2n) is 6.96. The molecular weight excluding hydrogens is 310 g/mol. The van der Waals surface area contributed by atoms with Crippen molar-refractivity contribution in [2.45, 2.75) is 39.2 Å². The number of amides is 2. The van der Waals surface area contributed by atoms with Gasteiger partial charge in [-0.3, -0.25) is 9.59 Å². The van der Waals surface area contributed by atoms with Gasteiger partial charge in [-0.05, 0) is 18.9 Å². The topological polar surface area (TPSA) is 84.1 Å². The molecule has 1 fully saturated rings. The molecule has 1 aromatic heterocycles. The molecule has 24 heavy (non-hydrogen) atoms. The SMILES string of the molecule is Cc1occc1C(=O)N1CC[C@]2(CC(C(=O)NCC(C)C)=NO2)C1. The number of carbonyl (C=O) groups is 2. The summed E-state index contributed by atoms with van der Waals surface area (Å²) in [4.78, 5) is 32.0. The number of nitrogens with one attached hydrogen (secondary N) is 1. The third kappa shape index (κ3) is 3.16. The second kappa shape index (κ2) is 6.30. The third-order valence-electron chi connectivity index (χ3n) is 4.46. The lowest BCUT2D eigenvalue weighted by atomic mass is 9.96. The van der Waals surface area contributed by atoms with Gasteiger partial charge in [0.1, 0.15) is 11.5 Å². The summed E-state index contributed by atoms with van der Waals surface area (Å²) < 4.78 is 5.20. The Balaban J connectivity index is 1.59. The number of nitrogens with zero attached hydrogens (tertiary/aromatic N) is 2. The number of hydrogen-bond acceptors (Lipinski definition) is 5. The smallest absolute Gasteiger partial charge is 0.269 e.